The fraction of sp³-hybridized carbons (Fsp3) is 0.278. The smallest absolute Gasteiger partial charge is 0.408 e. The van der Waals surface area contributed by atoms with Crippen molar-refractivity contribution in [3.8, 4) is 17.1 Å². The summed E-state index contributed by atoms with van der Waals surface area (Å²) in [5, 5.41) is 0. The number of carbonyl (C=O) groups excluding carboxylic acids is 1. The number of fused-ring (bicyclic) bond motifs is 1. The van der Waals surface area contributed by atoms with Crippen LogP contribution in [0.2, 0.25) is 0 Å². The third-order valence-electron chi connectivity index (χ3n) is 4.39. The van der Waals surface area contributed by atoms with Crippen LogP contribution in [0.1, 0.15) is 19.3 Å². The van der Waals surface area contributed by atoms with E-state index in [0.717, 1.165) is 30.0 Å². The summed E-state index contributed by atoms with van der Waals surface area (Å²) in [6.45, 7) is 2.12. The van der Waals surface area contributed by atoms with Gasteiger partial charge in [0.25, 0.3) is 0 Å². The lowest BCUT2D eigenvalue weighted by Crippen LogP contribution is -2.29. The summed E-state index contributed by atoms with van der Waals surface area (Å²) < 4.78 is 5.01. The summed E-state index contributed by atoms with van der Waals surface area (Å²) in [7, 11) is 0. The average Bonchev–Trinajstić information content (AvgIpc) is 3.08. The molecule has 128 valence electrons. The lowest BCUT2D eigenvalue weighted by molar-refractivity contribution is 0.211. The molecule has 3 aromatic rings. The Morgan fingerprint density at radius 2 is 2.00 bits per heavy atom. The number of nitrogens with zero attached hydrogens (tertiary/aromatic N) is 3. The minimum absolute atomic E-state index is 0.338. The molecule has 0 unspecified atom stereocenters. The molecule has 1 fully saturated rings. The quantitative estimate of drug-likeness (QED) is 0.765. The molecule has 25 heavy (non-hydrogen) atoms. The molecular formula is C18H19N5O2. The Labute approximate surface area is 144 Å². The fourth-order valence-electron chi connectivity index (χ4n) is 3.17. The number of imidazole rings is 1. The Morgan fingerprint density at radius 3 is 2.72 bits per heavy atom. The Hall–Kier alpha value is -3.09. The highest BCUT2D eigenvalue weighted by molar-refractivity contribution is 5.87. The summed E-state index contributed by atoms with van der Waals surface area (Å²) in [6.07, 6.45) is 4.69. The number of nitrogens with two attached hydrogens (primary N) is 1. The topological polar surface area (TPSA) is 97.1 Å². The highest BCUT2D eigenvalue weighted by atomic mass is 16.5. The first kappa shape index (κ1) is 15.4. The van der Waals surface area contributed by atoms with Gasteiger partial charge in [0, 0.05) is 24.8 Å². The van der Waals surface area contributed by atoms with E-state index in [1.807, 2.05) is 24.4 Å². The zero-order chi connectivity index (χ0) is 17.2. The first-order chi connectivity index (χ1) is 12.2. The van der Waals surface area contributed by atoms with Gasteiger partial charge in [-0.25, -0.2) is 14.8 Å². The molecule has 0 bridgehead atoms. The summed E-state index contributed by atoms with van der Waals surface area (Å²) in [6, 6.07) is 9.34. The van der Waals surface area contributed by atoms with E-state index in [4.69, 9.17) is 10.5 Å². The number of aromatic amines is 1. The van der Waals surface area contributed by atoms with Crippen molar-refractivity contribution in [2.24, 2.45) is 5.73 Å². The Balaban J connectivity index is 1.64. The van der Waals surface area contributed by atoms with Gasteiger partial charge in [-0.1, -0.05) is 6.07 Å². The van der Waals surface area contributed by atoms with Crippen LogP contribution in [-0.2, 0) is 0 Å². The van der Waals surface area contributed by atoms with Gasteiger partial charge in [-0.2, -0.15) is 0 Å². The molecule has 4 rings (SSSR count). The van der Waals surface area contributed by atoms with Crippen LogP contribution in [-0.4, -0.2) is 34.1 Å². The Kier molecular flexibility index (Phi) is 3.97. The summed E-state index contributed by atoms with van der Waals surface area (Å²) in [4.78, 5) is 25.7. The number of primary amides is 1. The first-order valence-electron chi connectivity index (χ1n) is 8.38. The molecule has 7 heteroatoms. The van der Waals surface area contributed by atoms with Gasteiger partial charge in [-0.05, 0) is 43.5 Å². The number of H-pyrrole nitrogens is 1. The zero-order valence-electron chi connectivity index (χ0n) is 13.7. The summed E-state index contributed by atoms with van der Waals surface area (Å²) >= 11 is 0. The van der Waals surface area contributed by atoms with Crippen LogP contribution in [0.4, 0.5) is 10.6 Å². The molecule has 0 aliphatic carbocycles. The highest BCUT2D eigenvalue weighted by Crippen LogP contribution is 2.28. The number of amides is 1. The molecule has 2 aromatic heterocycles. The van der Waals surface area contributed by atoms with Gasteiger partial charge in [-0.15, -0.1) is 0 Å². The number of anilines is 1. The van der Waals surface area contributed by atoms with E-state index < -0.39 is 6.09 Å². The van der Waals surface area contributed by atoms with Gasteiger partial charge in [0.1, 0.15) is 17.2 Å². The van der Waals surface area contributed by atoms with Crippen molar-refractivity contribution in [3.05, 3.63) is 36.5 Å². The molecule has 0 spiro atoms. The third kappa shape index (κ3) is 3.13. The third-order valence-corrected chi connectivity index (χ3v) is 4.39. The van der Waals surface area contributed by atoms with Crippen molar-refractivity contribution < 1.29 is 9.53 Å². The average molecular weight is 337 g/mol. The van der Waals surface area contributed by atoms with Gasteiger partial charge < -0.3 is 20.4 Å². The number of hydrogen-bond acceptors (Lipinski definition) is 5. The second-order valence-electron chi connectivity index (χ2n) is 6.11. The lowest BCUT2D eigenvalue weighted by atomic mass is 10.1. The number of benzene rings is 1. The van der Waals surface area contributed by atoms with Crippen molar-refractivity contribution >= 4 is 22.9 Å². The van der Waals surface area contributed by atoms with Crippen molar-refractivity contribution in [2.75, 3.05) is 18.0 Å². The molecule has 0 saturated carbocycles. The minimum atomic E-state index is -0.857. The lowest BCUT2D eigenvalue weighted by Gasteiger charge is -2.27. The Bertz CT molecular complexity index is 897. The SMILES string of the molecule is NC(=O)Oc1cccc2[nH]c(-c3ccc(N4CCCCC4)nc3)nc12. The number of carbonyl (C=O) groups is 1. The van der Waals surface area contributed by atoms with Crippen LogP contribution in [0.3, 0.4) is 0 Å². The minimum Gasteiger partial charge on any atom is -0.408 e. The number of pyridine rings is 1. The predicted octanol–water partition coefficient (Wildman–Crippen LogP) is 3.07. The van der Waals surface area contributed by atoms with Crippen LogP contribution < -0.4 is 15.4 Å². The molecule has 3 heterocycles. The van der Waals surface area contributed by atoms with E-state index in [9.17, 15) is 4.79 Å². The number of para-hydroxylation sites is 1. The number of rotatable bonds is 3. The van der Waals surface area contributed by atoms with Crippen LogP contribution in [0.5, 0.6) is 5.75 Å². The van der Waals surface area contributed by atoms with Gasteiger partial charge >= 0.3 is 6.09 Å². The van der Waals surface area contributed by atoms with Crippen LogP contribution in [0.25, 0.3) is 22.4 Å². The molecule has 0 atom stereocenters. The number of nitrogens with one attached hydrogen (secondary N) is 1. The number of ether oxygens (including phenoxy) is 1. The molecule has 1 aliphatic heterocycles. The van der Waals surface area contributed by atoms with Gasteiger partial charge in [-0.3, -0.25) is 0 Å². The molecule has 1 aromatic carbocycles. The van der Waals surface area contributed by atoms with Crippen molar-refractivity contribution in [1.82, 2.24) is 15.0 Å². The maximum atomic E-state index is 11.0. The van der Waals surface area contributed by atoms with Crippen molar-refractivity contribution in [3.63, 3.8) is 0 Å². The normalized spacial score (nSPS) is 14.6. The second-order valence-corrected chi connectivity index (χ2v) is 6.11. The van der Waals surface area contributed by atoms with Crippen LogP contribution in [0.15, 0.2) is 36.5 Å². The van der Waals surface area contributed by atoms with Gasteiger partial charge in [0.15, 0.2) is 5.75 Å². The van der Waals surface area contributed by atoms with Crippen molar-refractivity contribution in [2.45, 2.75) is 19.3 Å². The summed E-state index contributed by atoms with van der Waals surface area (Å²) in [5.41, 5.74) is 7.32. The number of hydrogen-bond donors (Lipinski definition) is 2. The highest BCUT2D eigenvalue weighted by Gasteiger charge is 2.14. The van der Waals surface area contributed by atoms with Crippen molar-refractivity contribution in [1.29, 1.82) is 0 Å². The van der Waals surface area contributed by atoms with Gasteiger partial charge in [0.05, 0.1) is 5.52 Å². The second kappa shape index (κ2) is 6.43. The molecule has 7 nitrogen and oxygen atoms in total. The predicted molar refractivity (Wildman–Crippen MR) is 95.6 cm³/mol. The molecule has 1 aliphatic rings. The maximum Gasteiger partial charge on any atom is 0.410 e. The first-order valence-corrected chi connectivity index (χ1v) is 8.38. The zero-order valence-corrected chi connectivity index (χ0v) is 13.7. The largest absolute Gasteiger partial charge is 0.410 e. The number of aromatic nitrogens is 3. The van der Waals surface area contributed by atoms with Crippen LogP contribution >= 0.6 is 0 Å². The van der Waals surface area contributed by atoms with E-state index in [2.05, 4.69) is 19.9 Å². The monoisotopic (exact) mass is 337 g/mol. The van der Waals surface area contributed by atoms with E-state index in [-0.39, 0.29) is 0 Å². The molecule has 1 amide bonds. The Morgan fingerprint density at radius 1 is 1.16 bits per heavy atom. The van der Waals surface area contributed by atoms with E-state index in [1.54, 1.807) is 12.1 Å². The molecule has 0 radical (unpaired) electrons. The molecular weight excluding hydrogens is 318 g/mol. The molecule has 1 saturated heterocycles. The fourth-order valence-corrected chi connectivity index (χ4v) is 3.17. The van der Waals surface area contributed by atoms with Crippen LogP contribution in [0, 0.1) is 0 Å². The van der Waals surface area contributed by atoms with E-state index in [0.29, 0.717) is 17.1 Å². The van der Waals surface area contributed by atoms with Gasteiger partial charge in [0.2, 0.25) is 0 Å². The summed E-state index contributed by atoms with van der Waals surface area (Å²) in [5.74, 6) is 2.01. The molecule has 3 N–H and O–H groups in total. The number of piperidine rings is 1. The van der Waals surface area contributed by atoms with E-state index in [1.165, 1.54) is 19.3 Å². The maximum absolute atomic E-state index is 11.0. The van der Waals surface area contributed by atoms with E-state index >= 15 is 0 Å². The standard InChI is InChI=1S/C18H19N5O2/c19-18(24)25-14-6-4-5-13-16(14)22-17(21-13)12-7-8-15(20-11-12)23-9-2-1-3-10-23/h4-8,11H,1-3,9-10H2,(H2,19,24)(H,21,22).